The number of quaternary nitrogens is 1. The van der Waals surface area contributed by atoms with Crippen molar-refractivity contribution in [3.63, 3.8) is 0 Å². The van der Waals surface area contributed by atoms with Gasteiger partial charge in [0.05, 0.1) is 39.9 Å². The van der Waals surface area contributed by atoms with Gasteiger partial charge in [0.25, 0.3) is 0 Å². The van der Waals surface area contributed by atoms with Crippen molar-refractivity contribution < 1.29 is 32.9 Å². The summed E-state index contributed by atoms with van der Waals surface area (Å²) >= 11 is 0. The molecule has 0 aliphatic rings. The van der Waals surface area contributed by atoms with Gasteiger partial charge in [-0.3, -0.25) is 13.8 Å². The molecule has 0 bridgehead atoms. The van der Waals surface area contributed by atoms with Crippen LogP contribution in [0.3, 0.4) is 0 Å². The Morgan fingerprint density at radius 3 is 1.54 bits per heavy atom. The number of unbranched alkanes of at least 4 members (excludes halogenated alkanes) is 23. The van der Waals surface area contributed by atoms with Crippen LogP contribution >= 0.6 is 7.82 Å². The maximum atomic E-state index is 12.8. The van der Waals surface area contributed by atoms with Crippen molar-refractivity contribution in [2.75, 3.05) is 40.9 Å². The van der Waals surface area contributed by atoms with Crippen molar-refractivity contribution in [2.24, 2.45) is 0 Å². The number of hydrogen-bond donors (Lipinski definition) is 3. The molecule has 0 radical (unpaired) electrons. The minimum Gasteiger partial charge on any atom is -0.387 e. The van der Waals surface area contributed by atoms with Gasteiger partial charge in [-0.25, -0.2) is 4.57 Å². The molecule has 3 N–H and O–H groups in total. The molecule has 0 aliphatic carbocycles. The number of aliphatic hydroxyl groups excluding tert-OH is 1. The van der Waals surface area contributed by atoms with Crippen LogP contribution in [0.4, 0.5) is 0 Å². The van der Waals surface area contributed by atoms with E-state index < -0.39 is 20.0 Å². The minimum absolute atomic E-state index is 0.0643. The summed E-state index contributed by atoms with van der Waals surface area (Å²) in [5, 5.41) is 13.8. The van der Waals surface area contributed by atoms with E-state index in [9.17, 15) is 19.4 Å². The first-order valence-corrected chi connectivity index (χ1v) is 21.6. The van der Waals surface area contributed by atoms with Gasteiger partial charge in [0.1, 0.15) is 13.2 Å². The largest absolute Gasteiger partial charge is 0.472 e. The number of nitrogens with zero attached hydrogens (tertiary/aromatic N) is 1. The Labute approximate surface area is 297 Å². The van der Waals surface area contributed by atoms with E-state index in [1.54, 1.807) is 6.08 Å². The van der Waals surface area contributed by atoms with Crippen LogP contribution in [0.15, 0.2) is 12.2 Å². The lowest BCUT2D eigenvalue weighted by Gasteiger charge is -2.25. The van der Waals surface area contributed by atoms with Crippen molar-refractivity contribution in [3.05, 3.63) is 12.2 Å². The zero-order chi connectivity index (χ0) is 35.8. The number of amides is 1. The van der Waals surface area contributed by atoms with Gasteiger partial charge >= 0.3 is 7.82 Å². The van der Waals surface area contributed by atoms with Gasteiger partial charge in [-0.2, -0.15) is 0 Å². The molecule has 9 heteroatoms. The smallest absolute Gasteiger partial charge is 0.387 e. The van der Waals surface area contributed by atoms with Crippen LogP contribution in [0.25, 0.3) is 0 Å². The summed E-state index contributed by atoms with van der Waals surface area (Å²) in [5.41, 5.74) is 0. The summed E-state index contributed by atoms with van der Waals surface area (Å²) in [4.78, 5) is 23.0. The summed E-state index contributed by atoms with van der Waals surface area (Å²) in [5.74, 6) is -0.178. The maximum Gasteiger partial charge on any atom is 0.472 e. The molecule has 0 aromatic heterocycles. The van der Waals surface area contributed by atoms with Crippen LogP contribution in [0.5, 0.6) is 0 Å². The average Bonchev–Trinajstić information content (AvgIpc) is 3.02. The van der Waals surface area contributed by atoms with Crippen LogP contribution in [0.2, 0.25) is 0 Å². The normalized spacial score (nSPS) is 14.7. The molecule has 286 valence electrons. The number of phosphoric acid groups is 1. The van der Waals surface area contributed by atoms with Gasteiger partial charge in [-0.15, -0.1) is 0 Å². The van der Waals surface area contributed by atoms with Gasteiger partial charge < -0.3 is 19.8 Å². The lowest BCUT2D eigenvalue weighted by Crippen LogP contribution is -2.45. The number of carbonyl (C=O) groups is 1. The Morgan fingerprint density at radius 1 is 0.688 bits per heavy atom. The number of allylic oxidation sites excluding steroid dienone is 1. The molecule has 0 aromatic rings. The summed E-state index contributed by atoms with van der Waals surface area (Å²) in [7, 11) is 1.58. The highest BCUT2D eigenvalue weighted by Gasteiger charge is 2.27. The average molecular weight is 704 g/mol. The topological polar surface area (TPSA) is 105 Å². The Morgan fingerprint density at radius 2 is 1.10 bits per heavy atom. The second-order valence-electron chi connectivity index (χ2n) is 15.0. The second kappa shape index (κ2) is 32.2. The van der Waals surface area contributed by atoms with E-state index in [2.05, 4.69) is 19.2 Å². The summed E-state index contributed by atoms with van der Waals surface area (Å²) in [6, 6.07) is -0.837. The standard InChI is InChI=1S/C39H79N2O6P/c1-6-8-10-12-14-16-18-20-21-22-24-26-28-30-32-38(42)37(36-47-48(44,45)46-35-34-41(3,4)5)40-39(43)33-31-29-27-25-23-19-17-15-13-11-9-7-2/h30,32,37-38,42H,6-29,31,33-36H2,1-5H3,(H-,40,43,44,45)/p+1/b32-30+/t37-,38+/m0/s1. The van der Waals surface area contributed by atoms with Crippen LogP contribution in [0, 0.1) is 0 Å². The molecule has 1 amide bonds. The van der Waals surface area contributed by atoms with Gasteiger partial charge in [0.15, 0.2) is 0 Å². The van der Waals surface area contributed by atoms with E-state index in [4.69, 9.17) is 9.05 Å². The maximum absolute atomic E-state index is 12.8. The second-order valence-corrected chi connectivity index (χ2v) is 16.5. The minimum atomic E-state index is -4.32. The van der Waals surface area contributed by atoms with Crippen LogP contribution in [-0.2, 0) is 18.4 Å². The highest BCUT2D eigenvalue weighted by molar-refractivity contribution is 7.47. The summed E-state index contributed by atoms with van der Waals surface area (Å²) in [6.45, 7) is 4.80. The molecule has 0 spiro atoms. The Balaban J connectivity index is 4.50. The molecule has 0 saturated carbocycles. The predicted octanol–water partition coefficient (Wildman–Crippen LogP) is 10.4. The fourth-order valence-corrected chi connectivity index (χ4v) is 6.48. The Hall–Kier alpha value is -0.760. The Bertz CT molecular complexity index is 804. The number of rotatable bonds is 36. The van der Waals surface area contributed by atoms with E-state index in [0.717, 1.165) is 38.5 Å². The molecule has 48 heavy (non-hydrogen) atoms. The zero-order valence-corrected chi connectivity index (χ0v) is 33.1. The lowest BCUT2D eigenvalue weighted by atomic mass is 10.0. The Kier molecular flexibility index (Phi) is 31.7. The van der Waals surface area contributed by atoms with Crippen LogP contribution in [0.1, 0.15) is 181 Å². The molecule has 0 aliphatic heterocycles. The van der Waals surface area contributed by atoms with Gasteiger partial charge in [-0.05, 0) is 19.3 Å². The lowest BCUT2D eigenvalue weighted by molar-refractivity contribution is -0.870. The molecule has 3 atom stereocenters. The van der Waals surface area contributed by atoms with Crippen molar-refractivity contribution in [2.45, 2.75) is 193 Å². The third-order valence-corrected chi connectivity index (χ3v) is 9.99. The first-order chi connectivity index (χ1) is 23.0. The molecule has 0 aromatic carbocycles. The molecule has 1 unspecified atom stereocenters. The summed E-state index contributed by atoms with van der Waals surface area (Å²) in [6.07, 6.45) is 34.1. The van der Waals surface area contributed by atoms with Crippen molar-refractivity contribution >= 4 is 13.7 Å². The van der Waals surface area contributed by atoms with E-state index in [-0.39, 0.29) is 19.1 Å². The molecule has 0 saturated heterocycles. The number of aliphatic hydroxyl groups is 1. The first kappa shape index (κ1) is 47.2. The quantitative estimate of drug-likeness (QED) is 0.0260. The predicted molar refractivity (Wildman–Crippen MR) is 203 cm³/mol. The van der Waals surface area contributed by atoms with Crippen molar-refractivity contribution in [3.8, 4) is 0 Å². The van der Waals surface area contributed by atoms with Gasteiger partial charge in [0, 0.05) is 6.42 Å². The third kappa shape index (κ3) is 33.7. The monoisotopic (exact) mass is 704 g/mol. The number of nitrogens with one attached hydrogen (secondary N) is 1. The van der Waals surface area contributed by atoms with Crippen LogP contribution < -0.4 is 5.32 Å². The highest BCUT2D eigenvalue weighted by Crippen LogP contribution is 2.43. The van der Waals surface area contributed by atoms with Crippen molar-refractivity contribution in [1.82, 2.24) is 5.32 Å². The van der Waals surface area contributed by atoms with E-state index >= 15 is 0 Å². The summed E-state index contributed by atoms with van der Waals surface area (Å²) < 4.78 is 23.5. The molecule has 0 rings (SSSR count). The SMILES string of the molecule is CCCCCCCCCCCCCC/C=C/[C@@H](O)[C@H](COP(=O)(O)OCC[N+](C)(C)C)NC(=O)CCCCCCCCCCCCCC. The van der Waals surface area contributed by atoms with Crippen LogP contribution in [-0.4, -0.2) is 73.4 Å². The van der Waals surface area contributed by atoms with Gasteiger partial charge in [0.2, 0.25) is 5.91 Å². The zero-order valence-electron chi connectivity index (χ0n) is 32.2. The van der Waals surface area contributed by atoms with E-state index in [1.165, 1.54) is 122 Å². The number of likely N-dealkylation sites (N-methyl/N-ethyl adjacent to an activating group) is 1. The fourth-order valence-electron chi connectivity index (χ4n) is 5.75. The fraction of sp³-hybridized carbons (Fsp3) is 0.923. The van der Waals surface area contributed by atoms with E-state index in [1.807, 2.05) is 27.2 Å². The first-order valence-electron chi connectivity index (χ1n) is 20.1. The van der Waals surface area contributed by atoms with Gasteiger partial charge in [-0.1, -0.05) is 167 Å². The molecular formula is C39H80N2O6P+. The number of carbonyl (C=O) groups excluding carboxylic acids is 1. The number of phosphoric ester groups is 1. The molecule has 8 nitrogen and oxygen atoms in total. The molecule has 0 fully saturated rings. The molecule has 0 heterocycles. The van der Waals surface area contributed by atoms with E-state index in [0.29, 0.717) is 17.4 Å². The number of hydrogen-bond acceptors (Lipinski definition) is 5. The molecular weight excluding hydrogens is 623 g/mol. The van der Waals surface area contributed by atoms with Crippen molar-refractivity contribution in [1.29, 1.82) is 0 Å². The third-order valence-electron chi connectivity index (χ3n) is 9.01. The highest BCUT2D eigenvalue weighted by atomic mass is 31.2.